The standard InChI is InChI=1S/C30H20BrF3N2O4S/c31-24-13-18(9-11-25(24)40-17-19-8-10-20-4-1-2-5-21(20)12-19)14-26-28(38)36(29(39)41-26)16-27(37)35-23-7-3-6-22(15-23)30(32,33)34/h1-15H,16-17H2,(H,35,37)/b26-14-. The van der Waals surface area contributed by atoms with Crippen LogP contribution in [0.1, 0.15) is 16.7 Å². The lowest BCUT2D eigenvalue weighted by atomic mass is 10.1. The molecule has 4 aromatic carbocycles. The molecular formula is C30H20BrF3N2O4S. The maximum atomic E-state index is 12.9. The number of fused-ring (bicyclic) bond motifs is 1. The maximum Gasteiger partial charge on any atom is 0.416 e. The van der Waals surface area contributed by atoms with Crippen LogP contribution in [0.4, 0.5) is 23.7 Å². The van der Waals surface area contributed by atoms with Gasteiger partial charge in [-0.3, -0.25) is 19.3 Å². The molecule has 5 rings (SSSR count). The first-order valence-corrected chi connectivity index (χ1v) is 13.8. The SMILES string of the molecule is O=C(CN1C(=O)S/C(=C\c2ccc(OCc3ccc4ccccc4c3)c(Br)c2)C1=O)Nc1cccc(C(F)(F)F)c1. The number of anilines is 1. The number of amides is 3. The van der Waals surface area contributed by atoms with Gasteiger partial charge in [0.2, 0.25) is 5.91 Å². The fourth-order valence-electron chi connectivity index (χ4n) is 4.12. The molecule has 3 amide bonds. The monoisotopic (exact) mass is 640 g/mol. The van der Waals surface area contributed by atoms with Gasteiger partial charge in [-0.25, -0.2) is 0 Å². The summed E-state index contributed by atoms with van der Waals surface area (Å²) in [6, 6.07) is 23.4. The van der Waals surface area contributed by atoms with E-state index in [9.17, 15) is 27.6 Å². The van der Waals surface area contributed by atoms with E-state index >= 15 is 0 Å². The Kier molecular flexibility index (Phi) is 8.18. The van der Waals surface area contributed by atoms with Crippen LogP contribution in [0, 0.1) is 0 Å². The predicted molar refractivity (Wildman–Crippen MR) is 155 cm³/mol. The van der Waals surface area contributed by atoms with Crippen LogP contribution < -0.4 is 10.1 Å². The van der Waals surface area contributed by atoms with Crippen molar-refractivity contribution in [1.29, 1.82) is 0 Å². The third-order valence-corrected chi connectivity index (χ3v) is 7.64. The summed E-state index contributed by atoms with van der Waals surface area (Å²) in [6.07, 6.45) is -3.05. The zero-order chi connectivity index (χ0) is 29.1. The zero-order valence-corrected chi connectivity index (χ0v) is 23.5. The third-order valence-electron chi connectivity index (χ3n) is 6.11. The molecule has 0 unspecified atom stereocenters. The van der Waals surface area contributed by atoms with Crippen molar-refractivity contribution in [3.05, 3.63) is 111 Å². The number of hydrogen-bond acceptors (Lipinski definition) is 5. The van der Waals surface area contributed by atoms with Crippen molar-refractivity contribution < 1.29 is 32.3 Å². The van der Waals surface area contributed by atoms with Crippen LogP contribution in [0.3, 0.4) is 0 Å². The van der Waals surface area contributed by atoms with Crippen molar-refractivity contribution in [1.82, 2.24) is 4.90 Å². The molecular weight excluding hydrogens is 621 g/mol. The molecule has 1 N–H and O–H groups in total. The molecule has 0 spiro atoms. The van der Waals surface area contributed by atoms with E-state index < -0.39 is 35.3 Å². The van der Waals surface area contributed by atoms with Crippen molar-refractivity contribution in [2.24, 2.45) is 0 Å². The Bertz CT molecular complexity index is 1710. The summed E-state index contributed by atoms with van der Waals surface area (Å²) >= 11 is 4.16. The fourth-order valence-corrected chi connectivity index (χ4v) is 5.47. The van der Waals surface area contributed by atoms with Crippen LogP contribution in [0.25, 0.3) is 16.8 Å². The minimum absolute atomic E-state index is 0.0971. The molecule has 1 fully saturated rings. The van der Waals surface area contributed by atoms with Crippen LogP contribution in [0.5, 0.6) is 5.75 Å². The average molecular weight is 641 g/mol. The molecule has 6 nitrogen and oxygen atoms in total. The summed E-state index contributed by atoms with van der Waals surface area (Å²) in [5.74, 6) is -0.884. The lowest BCUT2D eigenvalue weighted by Gasteiger charge is -2.13. The fraction of sp³-hybridized carbons (Fsp3) is 0.100. The van der Waals surface area contributed by atoms with Gasteiger partial charge < -0.3 is 10.1 Å². The van der Waals surface area contributed by atoms with Gasteiger partial charge in [-0.2, -0.15) is 13.2 Å². The van der Waals surface area contributed by atoms with E-state index in [1.165, 1.54) is 12.1 Å². The minimum atomic E-state index is -4.57. The molecule has 0 saturated carbocycles. The van der Waals surface area contributed by atoms with Gasteiger partial charge >= 0.3 is 6.18 Å². The Morgan fingerprint density at radius 2 is 1.73 bits per heavy atom. The quantitative estimate of drug-likeness (QED) is 0.208. The number of nitrogens with one attached hydrogen (secondary N) is 1. The van der Waals surface area contributed by atoms with E-state index in [0.717, 1.165) is 39.4 Å². The van der Waals surface area contributed by atoms with Crippen molar-refractivity contribution in [2.45, 2.75) is 12.8 Å². The Labute approximate surface area is 245 Å². The number of alkyl halides is 3. The minimum Gasteiger partial charge on any atom is -0.488 e. The van der Waals surface area contributed by atoms with Gasteiger partial charge in [-0.15, -0.1) is 0 Å². The molecule has 1 saturated heterocycles. The summed E-state index contributed by atoms with van der Waals surface area (Å²) in [4.78, 5) is 38.6. The Hall–Kier alpha value is -4.09. The molecule has 0 bridgehead atoms. The zero-order valence-electron chi connectivity index (χ0n) is 21.1. The van der Waals surface area contributed by atoms with Gasteiger partial charge in [-0.1, -0.05) is 48.5 Å². The van der Waals surface area contributed by atoms with Crippen molar-refractivity contribution in [3.8, 4) is 5.75 Å². The average Bonchev–Trinajstić information content (AvgIpc) is 3.19. The second kappa shape index (κ2) is 11.8. The number of ether oxygens (including phenoxy) is 1. The second-order valence-corrected chi connectivity index (χ2v) is 10.9. The summed E-state index contributed by atoms with van der Waals surface area (Å²) in [5, 5.41) is 3.90. The topological polar surface area (TPSA) is 75.7 Å². The number of thioether (sulfide) groups is 1. The van der Waals surface area contributed by atoms with Crippen LogP contribution >= 0.6 is 27.7 Å². The molecule has 4 aromatic rings. The molecule has 0 aromatic heterocycles. The molecule has 41 heavy (non-hydrogen) atoms. The van der Waals surface area contributed by atoms with E-state index in [1.807, 2.05) is 36.4 Å². The van der Waals surface area contributed by atoms with E-state index in [-0.39, 0.29) is 10.6 Å². The Balaban J connectivity index is 1.21. The molecule has 1 heterocycles. The first-order chi connectivity index (χ1) is 19.6. The lowest BCUT2D eigenvalue weighted by Crippen LogP contribution is -2.36. The van der Waals surface area contributed by atoms with Gasteiger partial charge in [0.25, 0.3) is 11.1 Å². The van der Waals surface area contributed by atoms with Crippen LogP contribution in [0.2, 0.25) is 0 Å². The number of carbonyl (C=O) groups is 3. The van der Waals surface area contributed by atoms with Crippen LogP contribution in [-0.4, -0.2) is 28.5 Å². The first kappa shape index (κ1) is 28.4. The highest BCUT2D eigenvalue weighted by Gasteiger charge is 2.36. The van der Waals surface area contributed by atoms with Gasteiger partial charge in [0.05, 0.1) is 14.9 Å². The highest BCUT2D eigenvalue weighted by atomic mass is 79.9. The summed E-state index contributed by atoms with van der Waals surface area (Å²) in [5.41, 5.74) is 0.597. The van der Waals surface area contributed by atoms with Crippen LogP contribution in [0.15, 0.2) is 94.3 Å². The predicted octanol–water partition coefficient (Wildman–Crippen LogP) is 7.88. The number of carbonyl (C=O) groups excluding carboxylic acids is 3. The summed E-state index contributed by atoms with van der Waals surface area (Å²) < 4.78 is 45.4. The van der Waals surface area contributed by atoms with E-state index in [4.69, 9.17) is 4.74 Å². The second-order valence-electron chi connectivity index (χ2n) is 9.05. The number of halogens is 4. The van der Waals surface area contributed by atoms with Crippen LogP contribution in [-0.2, 0) is 22.4 Å². The first-order valence-electron chi connectivity index (χ1n) is 12.2. The largest absolute Gasteiger partial charge is 0.488 e. The van der Waals surface area contributed by atoms with Gasteiger partial charge in [0.15, 0.2) is 0 Å². The molecule has 1 aliphatic heterocycles. The molecule has 208 valence electrons. The molecule has 11 heteroatoms. The normalized spacial score (nSPS) is 14.6. The van der Waals surface area contributed by atoms with Gasteiger partial charge in [0, 0.05) is 5.69 Å². The highest BCUT2D eigenvalue weighted by Crippen LogP contribution is 2.34. The van der Waals surface area contributed by atoms with Crippen molar-refractivity contribution in [3.63, 3.8) is 0 Å². The molecule has 0 aliphatic carbocycles. The maximum absolute atomic E-state index is 12.9. The lowest BCUT2D eigenvalue weighted by molar-refractivity contribution is -0.137. The van der Waals surface area contributed by atoms with Gasteiger partial charge in [0.1, 0.15) is 18.9 Å². The van der Waals surface area contributed by atoms with Crippen molar-refractivity contribution in [2.75, 3.05) is 11.9 Å². The number of nitrogens with zero attached hydrogens (tertiary/aromatic N) is 1. The molecule has 0 atom stereocenters. The number of rotatable bonds is 7. The number of imide groups is 1. The third kappa shape index (κ3) is 6.80. The number of hydrogen-bond donors (Lipinski definition) is 1. The van der Waals surface area contributed by atoms with Gasteiger partial charge in [-0.05, 0) is 92.1 Å². The van der Waals surface area contributed by atoms with Crippen molar-refractivity contribution >= 4 is 67.3 Å². The molecule has 0 radical (unpaired) electrons. The van der Waals surface area contributed by atoms with E-state index in [2.05, 4.69) is 27.3 Å². The van der Waals surface area contributed by atoms with E-state index in [0.29, 0.717) is 34.2 Å². The summed E-state index contributed by atoms with van der Waals surface area (Å²) in [7, 11) is 0. The Morgan fingerprint density at radius 3 is 2.49 bits per heavy atom. The number of benzene rings is 4. The highest BCUT2D eigenvalue weighted by molar-refractivity contribution is 9.10. The van der Waals surface area contributed by atoms with E-state index in [1.54, 1.807) is 18.2 Å². The summed E-state index contributed by atoms with van der Waals surface area (Å²) in [6.45, 7) is -0.284. The smallest absolute Gasteiger partial charge is 0.416 e. The molecule has 1 aliphatic rings. The Morgan fingerprint density at radius 1 is 0.951 bits per heavy atom.